The number of hydrogen-bond donors (Lipinski definition) is 1. The Morgan fingerprint density at radius 1 is 0.951 bits per heavy atom. The Kier molecular flexibility index (Phi) is 7.65. The number of nitrogens with one attached hydrogen (secondary N) is 1. The smallest absolute Gasteiger partial charge is 0.338 e. The van der Waals surface area contributed by atoms with Gasteiger partial charge in [-0.05, 0) is 61.7 Å². The SMILES string of the molecule is Cc1c(NC(=O)C(C)OC(=O)c2cccc(S(=O)(=O)N3CCc4ccccc4C3)c2)c(=O)n(-c2ccccc2)n1C. The molecule has 0 fully saturated rings. The van der Waals surface area contributed by atoms with Crippen LogP contribution in [0.25, 0.3) is 5.69 Å². The molecule has 0 bridgehead atoms. The van der Waals surface area contributed by atoms with Crippen molar-refractivity contribution in [2.75, 3.05) is 11.9 Å². The second-order valence-electron chi connectivity index (χ2n) is 9.86. The van der Waals surface area contributed by atoms with Gasteiger partial charge in [0.2, 0.25) is 10.0 Å². The fourth-order valence-electron chi connectivity index (χ4n) is 4.83. The lowest BCUT2D eigenvalue weighted by Gasteiger charge is -2.28. The van der Waals surface area contributed by atoms with Crippen molar-refractivity contribution in [3.63, 3.8) is 0 Å². The molecule has 1 unspecified atom stereocenters. The number of esters is 1. The van der Waals surface area contributed by atoms with Crippen LogP contribution in [0.5, 0.6) is 0 Å². The minimum atomic E-state index is -3.87. The van der Waals surface area contributed by atoms with Gasteiger partial charge >= 0.3 is 5.97 Å². The molecule has 1 aromatic heterocycles. The van der Waals surface area contributed by atoms with E-state index in [-0.39, 0.29) is 22.7 Å². The number of benzene rings is 3. The van der Waals surface area contributed by atoms with Crippen molar-refractivity contribution in [2.45, 2.75) is 37.8 Å². The molecule has 1 N–H and O–H groups in total. The molecule has 1 aliphatic heterocycles. The van der Waals surface area contributed by atoms with Gasteiger partial charge in [-0.3, -0.25) is 14.3 Å². The number of para-hydroxylation sites is 1. The van der Waals surface area contributed by atoms with Gasteiger partial charge in [0.05, 0.1) is 21.8 Å². The number of rotatable bonds is 7. The lowest BCUT2D eigenvalue weighted by molar-refractivity contribution is -0.123. The third-order valence-corrected chi connectivity index (χ3v) is 9.10. The van der Waals surface area contributed by atoms with Crippen molar-refractivity contribution in [3.05, 3.63) is 112 Å². The maximum atomic E-state index is 13.4. The van der Waals surface area contributed by atoms with Crippen LogP contribution >= 0.6 is 0 Å². The number of nitrogens with zero attached hydrogens (tertiary/aromatic N) is 3. The minimum Gasteiger partial charge on any atom is -0.449 e. The number of anilines is 1. The zero-order chi connectivity index (χ0) is 29.3. The number of carbonyl (C=O) groups excluding carboxylic acids is 2. The molecule has 2 heterocycles. The van der Waals surface area contributed by atoms with Crippen LogP contribution in [0.4, 0.5) is 5.69 Å². The van der Waals surface area contributed by atoms with Crippen LogP contribution in [0.3, 0.4) is 0 Å². The molecule has 1 aliphatic rings. The van der Waals surface area contributed by atoms with Crippen molar-refractivity contribution < 1.29 is 22.7 Å². The predicted molar refractivity (Wildman–Crippen MR) is 153 cm³/mol. The average Bonchev–Trinajstić information content (AvgIpc) is 3.19. The molecule has 3 aromatic carbocycles. The summed E-state index contributed by atoms with van der Waals surface area (Å²) in [6.45, 7) is 3.65. The monoisotopic (exact) mass is 574 g/mol. The minimum absolute atomic E-state index is 0.00883. The molecule has 212 valence electrons. The fourth-order valence-corrected chi connectivity index (χ4v) is 6.29. The van der Waals surface area contributed by atoms with Gasteiger partial charge in [0.15, 0.2) is 6.10 Å². The van der Waals surface area contributed by atoms with E-state index in [4.69, 9.17) is 4.74 Å². The quantitative estimate of drug-likeness (QED) is 0.338. The summed E-state index contributed by atoms with van der Waals surface area (Å²) in [6.07, 6.45) is -0.660. The van der Waals surface area contributed by atoms with E-state index in [1.807, 2.05) is 30.3 Å². The van der Waals surface area contributed by atoms with Gasteiger partial charge < -0.3 is 10.1 Å². The first-order valence-corrected chi connectivity index (χ1v) is 14.5. The second kappa shape index (κ2) is 11.2. The molecule has 1 amide bonds. The number of sulfonamides is 1. The van der Waals surface area contributed by atoms with Gasteiger partial charge in [-0.25, -0.2) is 17.9 Å². The summed E-state index contributed by atoms with van der Waals surface area (Å²) in [5.74, 6) is -1.56. The molecule has 0 aliphatic carbocycles. The predicted octanol–water partition coefficient (Wildman–Crippen LogP) is 3.42. The van der Waals surface area contributed by atoms with E-state index in [1.165, 1.54) is 40.2 Å². The van der Waals surface area contributed by atoms with Crippen LogP contribution in [-0.4, -0.2) is 46.6 Å². The zero-order valence-electron chi connectivity index (χ0n) is 22.9. The van der Waals surface area contributed by atoms with Crippen molar-refractivity contribution in [3.8, 4) is 5.69 Å². The fraction of sp³-hybridized carbons (Fsp3) is 0.233. The Bertz CT molecular complexity index is 1790. The van der Waals surface area contributed by atoms with Gasteiger partial charge in [0.25, 0.3) is 11.5 Å². The summed E-state index contributed by atoms with van der Waals surface area (Å²) < 4.78 is 36.5. The molecule has 5 rings (SSSR count). The van der Waals surface area contributed by atoms with E-state index in [9.17, 15) is 22.8 Å². The molecular formula is C30H30N4O6S. The Morgan fingerprint density at radius 3 is 2.37 bits per heavy atom. The van der Waals surface area contributed by atoms with Gasteiger partial charge in [0.1, 0.15) is 5.69 Å². The molecular weight excluding hydrogens is 544 g/mol. The van der Waals surface area contributed by atoms with Crippen LogP contribution in [-0.2, 0) is 39.6 Å². The average molecular weight is 575 g/mol. The van der Waals surface area contributed by atoms with Crippen molar-refractivity contribution in [1.29, 1.82) is 0 Å². The maximum Gasteiger partial charge on any atom is 0.338 e. The zero-order valence-corrected chi connectivity index (χ0v) is 23.7. The number of fused-ring (bicyclic) bond motifs is 1. The topological polar surface area (TPSA) is 120 Å². The molecule has 0 radical (unpaired) electrons. The Balaban J connectivity index is 1.29. The number of carbonyl (C=O) groups is 2. The number of aromatic nitrogens is 2. The van der Waals surface area contributed by atoms with Crippen LogP contribution in [0.2, 0.25) is 0 Å². The molecule has 0 saturated heterocycles. The van der Waals surface area contributed by atoms with Crippen molar-refractivity contribution in [1.82, 2.24) is 13.7 Å². The standard InChI is InChI=1S/C30H30N4O6S/c1-20-27(29(36)34(32(20)3)25-13-5-4-6-14-25)31-28(35)21(2)40-30(37)23-12-9-15-26(18-23)41(38,39)33-17-16-22-10-7-8-11-24(22)19-33/h4-15,18,21H,16-17,19H2,1-3H3,(H,31,35). The van der Waals surface area contributed by atoms with Gasteiger partial charge in [-0.2, -0.15) is 4.31 Å². The normalized spacial score (nSPS) is 14.2. The molecule has 0 saturated carbocycles. The lowest BCUT2D eigenvalue weighted by atomic mass is 10.0. The highest BCUT2D eigenvalue weighted by molar-refractivity contribution is 7.89. The van der Waals surface area contributed by atoms with E-state index in [0.29, 0.717) is 24.3 Å². The third-order valence-electron chi connectivity index (χ3n) is 7.26. The maximum absolute atomic E-state index is 13.4. The Hall–Kier alpha value is -4.48. The van der Waals surface area contributed by atoms with Crippen LogP contribution < -0.4 is 10.9 Å². The van der Waals surface area contributed by atoms with E-state index in [1.54, 1.807) is 42.9 Å². The highest BCUT2D eigenvalue weighted by Crippen LogP contribution is 2.25. The molecule has 11 heteroatoms. The summed E-state index contributed by atoms with van der Waals surface area (Å²) in [6, 6.07) is 22.3. The van der Waals surface area contributed by atoms with Gasteiger partial charge in [-0.15, -0.1) is 0 Å². The first-order chi connectivity index (χ1) is 19.6. The first-order valence-electron chi connectivity index (χ1n) is 13.1. The van der Waals surface area contributed by atoms with E-state index >= 15 is 0 Å². The van der Waals surface area contributed by atoms with Crippen molar-refractivity contribution in [2.24, 2.45) is 7.05 Å². The summed E-state index contributed by atoms with van der Waals surface area (Å²) in [5.41, 5.74) is 2.85. The summed E-state index contributed by atoms with van der Waals surface area (Å²) in [4.78, 5) is 38.9. The first kappa shape index (κ1) is 28.1. The molecule has 4 aromatic rings. The van der Waals surface area contributed by atoms with Crippen LogP contribution in [0.1, 0.15) is 34.1 Å². The van der Waals surface area contributed by atoms with Crippen LogP contribution in [0.15, 0.2) is 88.6 Å². The third kappa shape index (κ3) is 5.46. The highest BCUT2D eigenvalue weighted by Gasteiger charge is 2.29. The molecule has 0 spiro atoms. The van der Waals surface area contributed by atoms with E-state index in [2.05, 4.69) is 5.32 Å². The number of hydrogen-bond acceptors (Lipinski definition) is 6. The largest absolute Gasteiger partial charge is 0.449 e. The van der Waals surface area contributed by atoms with Gasteiger partial charge in [0, 0.05) is 20.1 Å². The molecule has 1 atom stereocenters. The van der Waals surface area contributed by atoms with E-state index in [0.717, 1.165) is 11.1 Å². The Morgan fingerprint density at radius 2 is 1.63 bits per heavy atom. The lowest BCUT2D eigenvalue weighted by Crippen LogP contribution is -2.36. The Labute approximate surface area is 237 Å². The van der Waals surface area contributed by atoms with E-state index < -0.39 is 33.6 Å². The molecule has 41 heavy (non-hydrogen) atoms. The van der Waals surface area contributed by atoms with Crippen LogP contribution in [0, 0.1) is 6.92 Å². The highest BCUT2D eigenvalue weighted by atomic mass is 32.2. The number of amides is 1. The van der Waals surface area contributed by atoms with Crippen molar-refractivity contribution >= 4 is 27.6 Å². The summed E-state index contributed by atoms with van der Waals surface area (Å²) in [5, 5.41) is 2.58. The summed E-state index contributed by atoms with van der Waals surface area (Å²) >= 11 is 0. The van der Waals surface area contributed by atoms with Gasteiger partial charge in [-0.1, -0.05) is 48.5 Å². The number of ether oxygens (including phenoxy) is 1. The molecule has 10 nitrogen and oxygen atoms in total. The second-order valence-corrected chi connectivity index (χ2v) is 11.8. The summed E-state index contributed by atoms with van der Waals surface area (Å²) in [7, 11) is -2.17.